The zero-order valence-corrected chi connectivity index (χ0v) is 15.6. The van der Waals surface area contributed by atoms with Crippen molar-refractivity contribution in [2.24, 2.45) is 11.8 Å². The van der Waals surface area contributed by atoms with Gasteiger partial charge in [-0.15, -0.1) is 0 Å². The zero-order valence-electron chi connectivity index (χ0n) is 14.8. The fraction of sp³-hybridized carbons (Fsp3) is 0.500. The Morgan fingerprint density at radius 2 is 2.12 bits per heavy atom. The third-order valence-corrected chi connectivity index (χ3v) is 5.78. The third-order valence-electron chi connectivity index (χ3n) is 5.54. The normalized spacial score (nSPS) is 24.5. The molecule has 1 saturated carbocycles. The van der Waals surface area contributed by atoms with Crippen LogP contribution >= 0.6 is 11.6 Å². The van der Waals surface area contributed by atoms with Gasteiger partial charge >= 0.3 is 0 Å². The average Bonchev–Trinajstić information content (AvgIpc) is 3.41. The lowest BCUT2D eigenvalue weighted by atomic mass is 9.97. The lowest BCUT2D eigenvalue weighted by molar-refractivity contribution is -0.130. The highest BCUT2D eigenvalue weighted by Gasteiger charge is 2.44. The highest BCUT2D eigenvalue weighted by molar-refractivity contribution is 6.30. The lowest BCUT2D eigenvalue weighted by Gasteiger charge is -2.22. The SMILES string of the molecule is CCC(=O)N1C[C@@H](NC(=O)C2=Cc3cc(Cl)ccc3OC2)[C@H](C2CC2)C1. The van der Waals surface area contributed by atoms with E-state index in [2.05, 4.69) is 5.32 Å². The Kier molecular flexibility index (Phi) is 4.65. The molecule has 5 nitrogen and oxygen atoms in total. The molecule has 1 saturated heterocycles. The minimum atomic E-state index is -0.114. The lowest BCUT2D eigenvalue weighted by Crippen LogP contribution is -2.43. The van der Waals surface area contributed by atoms with Gasteiger partial charge in [0.15, 0.2) is 0 Å². The summed E-state index contributed by atoms with van der Waals surface area (Å²) in [7, 11) is 0. The quantitative estimate of drug-likeness (QED) is 0.881. The van der Waals surface area contributed by atoms with Crippen molar-refractivity contribution in [2.75, 3.05) is 19.7 Å². The molecule has 1 N–H and O–H groups in total. The van der Waals surface area contributed by atoms with Gasteiger partial charge in [-0.05, 0) is 43.0 Å². The maximum Gasteiger partial charge on any atom is 0.250 e. The molecule has 0 spiro atoms. The van der Waals surface area contributed by atoms with Crippen molar-refractivity contribution in [3.05, 3.63) is 34.4 Å². The molecule has 1 aliphatic carbocycles. The Balaban J connectivity index is 1.48. The predicted molar refractivity (Wildman–Crippen MR) is 99.9 cm³/mol. The van der Waals surface area contributed by atoms with E-state index in [1.165, 1.54) is 12.8 Å². The number of amides is 2. The fourth-order valence-electron chi connectivity index (χ4n) is 3.95. The number of hydrogen-bond acceptors (Lipinski definition) is 3. The van der Waals surface area contributed by atoms with Crippen LogP contribution in [-0.2, 0) is 9.59 Å². The van der Waals surface area contributed by atoms with Crippen molar-refractivity contribution in [3.8, 4) is 5.75 Å². The minimum absolute atomic E-state index is 0.0205. The van der Waals surface area contributed by atoms with E-state index in [1.54, 1.807) is 12.1 Å². The summed E-state index contributed by atoms with van der Waals surface area (Å²) in [5.41, 5.74) is 1.41. The molecule has 6 heteroatoms. The van der Waals surface area contributed by atoms with Gasteiger partial charge in [-0.3, -0.25) is 9.59 Å². The summed E-state index contributed by atoms with van der Waals surface area (Å²) in [6, 6.07) is 5.41. The highest BCUT2D eigenvalue weighted by atomic mass is 35.5. The Morgan fingerprint density at radius 1 is 1.31 bits per heavy atom. The van der Waals surface area contributed by atoms with Crippen LogP contribution in [0.4, 0.5) is 0 Å². The average molecular weight is 375 g/mol. The van der Waals surface area contributed by atoms with Crippen molar-refractivity contribution >= 4 is 29.5 Å². The van der Waals surface area contributed by atoms with E-state index in [9.17, 15) is 9.59 Å². The van der Waals surface area contributed by atoms with E-state index in [4.69, 9.17) is 16.3 Å². The van der Waals surface area contributed by atoms with Crippen LogP contribution in [0.15, 0.2) is 23.8 Å². The largest absolute Gasteiger partial charge is 0.488 e. The van der Waals surface area contributed by atoms with Crippen molar-refractivity contribution in [2.45, 2.75) is 32.2 Å². The summed E-state index contributed by atoms with van der Waals surface area (Å²) in [5.74, 6) is 1.78. The smallest absolute Gasteiger partial charge is 0.250 e. The van der Waals surface area contributed by atoms with E-state index in [0.29, 0.717) is 35.4 Å². The second-order valence-corrected chi connectivity index (χ2v) is 7.81. The number of ether oxygens (including phenoxy) is 1. The minimum Gasteiger partial charge on any atom is -0.488 e. The van der Waals surface area contributed by atoms with Crippen LogP contribution in [0.25, 0.3) is 6.08 Å². The number of carbonyl (C=O) groups excluding carboxylic acids is 2. The van der Waals surface area contributed by atoms with Crippen molar-refractivity contribution in [1.82, 2.24) is 10.2 Å². The van der Waals surface area contributed by atoms with Gasteiger partial charge in [0, 0.05) is 36.0 Å². The number of likely N-dealkylation sites (tertiary alicyclic amines) is 1. The first-order chi connectivity index (χ1) is 12.5. The number of nitrogens with one attached hydrogen (secondary N) is 1. The van der Waals surface area contributed by atoms with Crippen LogP contribution in [0.3, 0.4) is 0 Å². The molecule has 0 unspecified atom stereocenters. The van der Waals surface area contributed by atoms with E-state index < -0.39 is 0 Å². The van der Waals surface area contributed by atoms with Crippen LogP contribution in [-0.4, -0.2) is 42.5 Å². The number of nitrogens with zero attached hydrogens (tertiary/aromatic N) is 1. The standard InChI is InChI=1S/C20H23ClN2O3/c1-2-19(24)23-9-16(12-3-4-12)17(10-23)22-20(25)14-7-13-8-15(21)5-6-18(13)26-11-14/h5-8,12,16-17H,2-4,9-11H2,1H3,(H,22,25)/t16-,17+/m0/s1. The van der Waals surface area contributed by atoms with Crippen LogP contribution < -0.4 is 10.1 Å². The predicted octanol–water partition coefficient (Wildman–Crippen LogP) is 2.88. The second kappa shape index (κ2) is 6.95. The number of fused-ring (bicyclic) bond motifs is 1. The molecule has 26 heavy (non-hydrogen) atoms. The van der Waals surface area contributed by atoms with Crippen LogP contribution in [0.1, 0.15) is 31.7 Å². The van der Waals surface area contributed by atoms with Gasteiger partial charge in [0.1, 0.15) is 12.4 Å². The summed E-state index contributed by atoms with van der Waals surface area (Å²) in [5, 5.41) is 3.77. The van der Waals surface area contributed by atoms with Crippen molar-refractivity contribution in [1.29, 1.82) is 0 Å². The summed E-state index contributed by atoms with van der Waals surface area (Å²) in [4.78, 5) is 26.8. The van der Waals surface area contributed by atoms with Gasteiger partial charge in [0.25, 0.3) is 5.91 Å². The summed E-state index contributed by atoms with van der Waals surface area (Å²) >= 11 is 6.04. The van der Waals surface area contributed by atoms with E-state index in [0.717, 1.165) is 17.9 Å². The molecule has 0 bridgehead atoms. The fourth-order valence-corrected chi connectivity index (χ4v) is 4.13. The maximum absolute atomic E-state index is 12.8. The molecule has 0 aromatic heterocycles. The Labute approximate surface area is 158 Å². The molecule has 2 aliphatic heterocycles. The maximum atomic E-state index is 12.8. The summed E-state index contributed by atoms with van der Waals surface area (Å²) in [6.45, 7) is 3.50. The number of hydrogen-bond donors (Lipinski definition) is 1. The van der Waals surface area contributed by atoms with E-state index >= 15 is 0 Å². The van der Waals surface area contributed by atoms with Gasteiger partial charge in [0.2, 0.25) is 5.91 Å². The number of benzene rings is 1. The van der Waals surface area contributed by atoms with E-state index in [1.807, 2.05) is 24.0 Å². The first-order valence-corrected chi connectivity index (χ1v) is 9.64. The molecular formula is C20H23ClN2O3. The molecule has 1 aromatic rings. The summed E-state index contributed by atoms with van der Waals surface area (Å²) in [6.07, 6.45) is 4.75. The molecular weight excluding hydrogens is 352 g/mol. The number of carbonyl (C=O) groups is 2. The monoisotopic (exact) mass is 374 g/mol. The van der Waals surface area contributed by atoms with Crippen LogP contribution in [0.5, 0.6) is 5.75 Å². The molecule has 0 radical (unpaired) electrons. The molecule has 2 fully saturated rings. The molecule has 4 rings (SSSR count). The second-order valence-electron chi connectivity index (χ2n) is 7.37. The van der Waals surface area contributed by atoms with Crippen molar-refractivity contribution < 1.29 is 14.3 Å². The van der Waals surface area contributed by atoms with Crippen LogP contribution in [0.2, 0.25) is 5.02 Å². The van der Waals surface area contributed by atoms with Gasteiger partial charge < -0.3 is 15.0 Å². The highest BCUT2D eigenvalue weighted by Crippen LogP contribution is 2.41. The number of rotatable bonds is 4. The van der Waals surface area contributed by atoms with Gasteiger partial charge in [-0.2, -0.15) is 0 Å². The van der Waals surface area contributed by atoms with Gasteiger partial charge in [0.05, 0.1) is 11.6 Å². The molecule has 2 amide bonds. The van der Waals surface area contributed by atoms with Crippen molar-refractivity contribution in [3.63, 3.8) is 0 Å². The Hall–Kier alpha value is -2.01. The third kappa shape index (κ3) is 3.45. The molecule has 138 valence electrons. The van der Waals surface area contributed by atoms with Crippen LogP contribution in [0, 0.1) is 11.8 Å². The Bertz CT molecular complexity index is 772. The Morgan fingerprint density at radius 3 is 2.85 bits per heavy atom. The van der Waals surface area contributed by atoms with E-state index in [-0.39, 0.29) is 24.5 Å². The first-order valence-electron chi connectivity index (χ1n) is 9.26. The summed E-state index contributed by atoms with van der Waals surface area (Å²) < 4.78 is 5.69. The molecule has 2 atom stereocenters. The number of halogens is 1. The van der Waals surface area contributed by atoms with Gasteiger partial charge in [-0.1, -0.05) is 18.5 Å². The van der Waals surface area contributed by atoms with Gasteiger partial charge in [-0.25, -0.2) is 0 Å². The molecule has 1 aromatic carbocycles. The zero-order chi connectivity index (χ0) is 18.3. The molecule has 3 aliphatic rings. The molecule has 2 heterocycles. The topological polar surface area (TPSA) is 58.6 Å². The first kappa shape index (κ1) is 17.4.